The Morgan fingerprint density at radius 1 is 1.45 bits per heavy atom. The third-order valence-corrected chi connectivity index (χ3v) is 3.86. The maximum atomic E-state index is 10.0. The van der Waals surface area contributed by atoms with Crippen LogP contribution in [-0.4, -0.2) is 27.0 Å². The molecule has 1 aromatic carbocycles. The summed E-state index contributed by atoms with van der Waals surface area (Å²) in [5, 5.41) is 14.4. The number of aromatic nitrogens is 3. The van der Waals surface area contributed by atoms with Crippen LogP contribution >= 0.6 is 15.9 Å². The molecule has 5 nitrogen and oxygen atoms in total. The van der Waals surface area contributed by atoms with Gasteiger partial charge in [0.25, 0.3) is 0 Å². The highest BCUT2D eigenvalue weighted by molar-refractivity contribution is 9.10. The molecule has 0 aliphatic heterocycles. The molecule has 1 aliphatic rings. The quantitative estimate of drug-likeness (QED) is 0.910. The maximum Gasteiger partial charge on any atom is 0.179 e. The Bertz CT molecular complexity index is 610. The molecular weight excluding hydrogens is 322 g/mol. The highest BCUT2D eigenvalue weighted by atomic mass is 79.9. The number of methoxy groups -OCH3 is 1. The van der Waals surface area contributed by atoms with Gasteiger partial charge < -0.3 is 9.84 Å². The fourth-order valence-corrected chi connectivity index (χ4v) is 2.68. The summed E-state index contributed by atoms with van der Waals surface area (Å²) in [4.78, 5) is 4.20. The lowest BCUT2D eigenvalue weighted by molar-refractivity contribution is 0.144. The van der Waals surface area contributed by atoms with Crippen LogP contribution in [0.5, 0.6) is 5.75 Å². The van der Waals surface area contributed by atoms with E-state index in [9.17, 15) is 5.11 Å². The molecule has 1 aromatic heterocycles. The third-order valence-electron chi connectivity index (χ3n) is 3.40. The minimum absolute atomic E-state index is 0.344. The first-order valence-electron chi connectivity index (χ1n) is 6.56. The van der Waals surface area contributed by atoms with E-state index in [1.807, 2.05) is 18.2 Å². The SMILES string of the molecule is COc1cc(Br)cc(Cn2cnc(C(O)C3CC3)n2)c1. The Morgan fingerprint density at radius 2 is 2.25 bits per heavy atom. The Morgan fingerprint density at radius 3 is 2.95 bits per heavy atom. The van der Waals surface area contributed by atoms with Crippen molar-refractivity contribution < 1.29 is 9.84 Å². The molecule has 20 heavy (non-hydrogen) atoms. The Kier molecular flexibility index (Phi) is 3.76. The first-order chi connectivity index (χ1) is 9.65. The van der Waals surface area contributed by atoms with Crippen LogP contribution in [0.4, 0.5) is 0 Å². The van der Waals surface area contributed by atoms with E-state index in [1.165, 1.54) is 0 Å². The zero-order valence-corrected chi connectivity index (χ0v) is 12.7. The highest BCUT2D eigenvalue weighted by Crippen LogP contribution is 2.39. The number of aliphatic hydroxyl groups excluding tert-OH is 1. The van der Waals surface area contributed by atoms with Gasteiger partial charge in [-0.15, -0.1) is 0 Å². The van der Waals surface area contributed by atoms with Crippen molar-refractivity contribution in [2.45, 2.75) is 25.5 Å². The van der Waals surface area contributed by atoms with E-state index >= 15 is 0 Å². The predicted molar refractivity (Wildman–Crippen MR) is 77.5 cm³/mol. The number of aliphatic hydroxyl groups is 1. The van der Waals surface area contributed by atoms with Crippen molar-refractivity contribution in [3.63, 3.8) is 0 Å². The van der Waals surface area contributed by atoms with Crippen molar-refractivity contribution >= 4 is 15.9 Å². The molecule has 0 bridgehead atoms. The van der Waals surface area contributed by atoms with E-state index in [0.29, 0.717) is 18.3 Å². The second-order valence-corrected chi connectivity index (χ2v) is 6.00. The third kappa shape index (κ3) is 3.02. The molecule has 0 spiro atoms. The highest BCUT2D eigenvalue weighted by Gasteiger charge is 2.33. The molecule has 3 rings (SSSR count). The van der Waals surface area contributed by atoms with Crippen LogP contribution in [0, 0.1) is 5.92 Å². The summed E-state index contributed by atoms with van der Waals surface area (Å²) in [6, 6.07) is 5.89. The van der Waals surface area contributed by atoms with Crippen LogP contribution in [0.2, 0.25) is 0 Å². The first-order valence-corrected chi connectivity index (χ1v) is 7.36. The predicted octanol–water partition coefficient (Wildman–Crippen LogP) is 2.54. The zero-order chi connectivity index (χ0) is 14.1. The smallest absolute Gasteiger partial charge is 0.179 e. The van der Waals surface area contributed by atoms with Crippen molar-refractivity contribution in [3.8, 4) is 5.75 Å². The van der Waals surface area contributed by atoms with Gasteiger partial charge in [-0.2, -0.15) is 5.10 Å². The number of halogens is 1. The second-order valence-electron chi connectivity index (χ2n) is 5.08. The summed E-state index contributed by atoms with van der Waals surface area (Å²) in [5.41, 5.74) is 1.06. The number of hydrogen-bond acceptors (Lipinski definition) is 4. The lowest BCUT2D eigenvalue weighted by atomic mass is 10.2. The average Bonchev–Trinajstić information content (AvgIpc) is 3.18. The van der Waals surface area contributed by atoms with Crippen LogP contribution < -0.4 is 4.74 Å². The molecule has 1 N–H and O–H groups in total. The molecule has 0 saturated heterocycles. The van der Waals surface area contributed by atoms with Gasteiger partial charge in [0.05, 0.1) is 13.7 Å². The summed E-state index contributed by atoms with van der Waals surface area (Å²) in [6.07, 6.45) is 3.28. The van der Waals surface area contributed by atoms with Crippen molar-refractivity contribution in [3.05, 3.63) is 40.4 Å². The van der Waals surface area contributed by atoms with E-state index in [-0.39, 0.29) is 0 Å². The normalized spacial score (nSPS) is 16.1. The lowest BCUT2D eigenvalue weighted by Crippen LogP contribution is -2.05. The minimum atomic E-state index is -0.520. The average molecular weight is 338 g/mol. The topological polar surface area (TPSA) is 60.2 Å². The fourth-order valence-electron chi connectivity index (χ4n) is 2.16. The summed E-state index contributed by atoms with van der Waals surface area (Å²) >= 11 is 3.46. The Balaban J connectivity index is 1.75. The number of hydrogen-bond donors (Lipinski definition) is 1. The molecule has 0 radical (unpaired) electrons. The molecule has 6 heteroatoms. The largest absolute Gasteiger partial charge is 0.497 e. The molecule has 1 aliphatic carbocycles. The molecule has 1 atom stereocenters. The van der Waals surface area contributed by atoms with Gasteiger partial charge in [-0.1, -0.05) is 15.9 Å². The van der Waals surface area contributed by atoms with E-state index in [1.54, 1.807) is 18.1 Å². The van der Waals surface area contributed by atoms with E-state index in [0.717, 1.165) is 28.6 Å². The first kappa shape index (κ1) is 13.6. The van der Waals surface area contributed by atoms with Crippen molar-refractivity contribution in [2.24, 2.45) is 5.92 Å². The van der Waals surface area contributed by atoms with Gasteiger partial charge in [0.1, 0.15) is 18.2 Å². The van der Waals surface area contributed by atoms with Crippen molar-refractivity contribution in [2.75, 3.05) is 7.11 Å². The van der Waals surface area contributed by atoms with E-state index in [2.05, 4.69) is 26.0 Å². The fraction of sp³-hybridized carbons (Fsp3) is 0.429. The number of ether oxygens (including phenoxy) is 1. The van der Waals surface area contributed by atoms with Crippen LogP contribution in [-0.2, 0) is 6.54 Å². The van der Waals surface area contributed by atoms with Gasteiger partial charge in [-0.3, -0.25) is 0 Å². The Labute approximate surface area is 125 Å². The number of nitrogens with zero attached hydrogens (tertiary/aromatic N) is 3. The number of rotatable bonds is 5. The second kappa shape index (κ2) is 5.54. The van der Waals surface area contributed by atoms with Crippen LogP contribution in [0.3, 0.4) is 0 Å². The standard InChI is InChI=1S/C14H16BrN3O2/c1-20-12-5-9(4-11(15)6-12)7-18-8-16-14(17-18)13(19)10-2-3-10/h4-6,8,10,13,19H,2-3,7H2,1H3. The molecule has 1 fully saturated rings. The van der Waals surface area contributed by atoms with Crippen LogP contribution in [0.25, 0.3) is 0 Å². The molecule has 2 aromatic rings. The van der Waals surface area contributed by atoms with Crippen LogP contribution in [0.1, 0.15) is 30.3 Å². The zero-order valence-electron chi connectivity index (χ0n) is 11.2. The van der Waals surface area contributed by atoms with Gasteiger partial charge in [0.2, 0.25) is 0 Å². The molecule has 1 unspecified atom stereocenters. The minimum Gasteiger partial charge on any atom is -0.497 e. The summed E-state index contributed by atoms with van der Waals surface area (Å²) < 4.78 is 7.94. The maximum absolute atomic E-state index is 10.0. The molecule has 0 amide bonds. The van der Waals surface area contributed by atoms with Crippen LogP contribution in [0.15, 0.2) is 29.0 Å². The van der Waals surface area contributed by atoms with Crippen molar-refractivity contribution in [1.82, 2.24) is 14.8 Å². The van der Waals surface area contributed by atoms with E-state index in [4.69, 9.17) is 4.74 Å². The summed E-state index contributed by atoms with van der Waals surface area (Å²) in [5.74, 6) is 1.67. The van der Waals surface area contributed by atoms with Gasteiger partial charge in [-0.25, -0.2) is 9.67 Å². The molecule has 106 valence electrons. The molecule has 1 saturated carbocycles. The summed E-state index contributed by atoms with van der Waals surface area (Å²) in [7, 11) is 1.64. The molecule has 1 heterocycles. The van der Waals surface area contributed by atoms with Gasteiger partial charge in [0, 0.05) is 4.47 Å². The van der Waals surface area contributed by atoms with Gasteiger partial charge >= 0.3 is 0 Å². The van der Waals surface area contributed by atoms with Crippen molar-refractivity contribution in [1.29, 1.82) is 0 Å². The Hall–Kier alpha value is -1.40. The monoisotopic (exact) mass is 337 g/mol. The summed E-state index contributed by atoms with van der Waals surface area (Å²) in [6.45, 7) is 0.597. The lowest BCUT2D eigenvalue weighted by Gasteiger charge is -2.06. The number of benzene rings is 1. The molecular formula is C14H16BrN3O2. The van der Waals surface area contributed by atoms with E-state index < -0.39 is 6.10 Å². The van der Waals surface area contributed by atoms with Gasteiger partial charge in [-0.05, 0) is 42.5 Å². The van der Waals surface area contributed by atoms with Gasteiger partial charge in [0.15, 0.2) is 5.82 Å².